The Morgan fingerprint density at radius 1 is 1.21 bits per heavy atom. The van der Waals surface area contributed by atoms with Gasteiger partial charge in [0.2, 0.25) is 5.95 Å². The summed E-state index contributed by atoms with van der Waals surface area (Å²) in [5, 5.41) is 10.1. The molecule has 1 unspecified atom stereocenters. The molecule has 0 spiro atoms. The molecule has 1 aromatic carbocycles. The van der Waals surface area contributed by atoms with Gasteiger partial charge in [-0.3, -0.25) is 9.59 Å². The fraction of sp³-hybridized carbons (Fsp3) is 0.440. The molecule has 1 atom stereocenters. The van der Waals surface area contributed by atoms with Crippen LogP contribution >= 0.6 is 0 Å². The number of fused-ring (bicyclic) bond motifs is 1. The molecule has 1 amide bonds. The molecule has 1 fully saturated rings. The molecule has 9 nitrogen and oxygen atoms in total. The number of benzene rings is 1. The van der Waals surface area contributed by atoms with E-state index < -0.39 is 0 Å². The monoisotopic (exact) mass is 463 g/mol. The average Bonchev–Trinajstić information content (AvgIpc) is 3.35. The lowest BCUT2D eigenvalue weighted by molar-refractivity contribution is 0.0952. The van der Waals surface area contributed by atoms with Crippen LogP contribution < -0.4 is 27.2 Å². The standard InChI is InChI=1S/C25H33N7O2/c1-2-3-12-28-22-21-20(30-25(26)31-22)11-15-32(24(21)34)16-17-6-8-18(9-7-17)23(33)29-14-10-19-5-4-13-27-19/h6-9,11,15,19,27H,2-5,10,12-14,16H2,1H3,(H,29,33)(H3,26,28,30,31). The van der Waals surface area contributed by atoms with Crippen LogP contribution in [0.15, 0.2) is 41.3 Å². The highest BCUT2D eigenvalue weighted by Crippen LogP contribution is 2.18. The van der Waals surface area contributed by atoms with Gasteiger partial charge in [0.15, 0.2) is 0 Å². The number of carbonyl (C=O) groups is 1. The summed E-state index contributed by atoms with van der Waals surface area (Å²) >= 11 is 0. The number of unbranched alkanes of at least 4 members (excludes halogenated alkanes) is 1. The van der Waals surface area contributed by atoms with Gasteiger partial charge in [0.1, 0.15) is 11.2 Å². The van der Waals surface area contributed by atoms with Gasteiger partial charge in [0, 0.05) is 30.9 Å². The van der Waals surface area contributed by atoms with Gasteiger partial charge < -0.3 is 26.3 Å². The number of anilines is 2. The van der Waals surface area contributed by atoms with Crippen molar-refractivity contribution in [1.82, 2.24) is 25.2 Å². The van der Waals surface area contributed by atoms with Gasteiger partial charge in [0.05, 0.1) is 12.1 Å². The summed E-state index contributed by atoms with van der Waals surface area (Å²) in [6.45, 7) is 4.91. The van der Waals surface area contributed by atoms with E-state index in [4.69, 9.17) is 5.73 Å². The molecule has 9 heteroatoms. The Kier molecular flexibility index (Phi) is 7.74. The minimum atomic E-state index is -0.182. The van der Waals surface area contributed by atoms with Crippen LogP contribution in [-0.4, -0.2) is 46.1 Å². The van der Waals surface area contributed by atoms with E-state index in [0.717, 1.165) is 31.4 Å². The molecule has 180 valence electrons. The van der Waals surface area contributed by atoms with Crippen LogP contribution in [0.3, 0.4) is 0 Å². The lowest BCUT2D eigenvalue weighted by Crippen LogP contribution is -2.30. The third kappa shape index (κ3) is 5.72. The van der Waals surface area contributed by atoms with E-state index in [1.54, 1.807) is 29.0 Å². The maximum atomic E-state index is 13.2. The average molecular weight is 464 g/mol. The molecule has 5 N–H and O–H groups in total. The zero-order chi connectivity index (χ0) is 23.9. The summed E-state index contributed by atoms with van der Waals surface area (Å²) < 4.78 is 1.62. The summed E-state index contributed by atoms with van der Waals surface area (Å²) in [7, 11) is 0. The molecule has 0 aliphatic carbocycles. The first-order chi connectivity index (χ1) is 16.5. The van der Waals surface area contributed by atoms with Crippen LogP contribution in [0.1, 0.15) is 54.9 Å². The Morgan fingerprint density at radius 3 is 2.76 bits per heavy atom. The number of pyridine rings is 1. The molecule has 2 aromatic heterocycles. The van der Waals surface area contributed by atoms with Crippen molar-refractivity contribution in [3.8, 4) is 0 Å². The SMILES string of the molecule is CCCCNc1nc(N)nc2ccn(Cc3ccc(C(=O)NCCC4CCCN4)cc3)c(=O)c12. The Morgan fingerprint density at radius 2 is 2.03 bits per heavy atom. The highest BCUT2D eigenvalue weighted by Gasteiger charge is 2.15. The number of rotatable bonds is 10. The fourth-order valence-electron chi connectivity index (χ4n) is 4.26. The Labute approximate surface area is 199 Å². The van der Waals surface area contributed by atoms with E-state index in [-0.39, 0.29) is 17.4 Å². The quantitative estimate of drug-likeness (QED) is 0.340. The van der Waals surface area contributed by atoms with Crippen molar-refractivity contribution in [1.29, 1.82) is 0 Å². The molecule has 1 aliphatic heterocycles. The minimum absolute atomic E-state index is 0.0787. The van der Waals surface area contributed by atoms with Crippen molar-refractivity contribution in [2.24, 2.45) is 0 Å². The van der Waals surface area contributed by atoms with Crippen molar-refractivity contribution in [3.05, 3.63) is 58.0 Å². The first-order valence-corrected chi connectivity index (χ1v) is 12.1. The van der Waals surface area contributed by atoms with Crippen molar-refractivity contribution in [2.75, 3.05) is 30.7 Å². The molecule has 1 aliphatic rings. The molecule has 3 heterocycles. The first kappa shape index (κ1) is 23.7. The number of hydrogen-bond acceptors (Lipinski definition) is 7. The highest BCUT2D eigenvalue weighted by molar-refractivity contribution is 5.94. The van der Waals surface area contributed by atoms with E-state index in [9.17, 15) is 9.59 Å². The molecule has 1 saturated heterocycles. The number of nitrogen functional groups attached to an aromatic ring is 1. The summed E-state index contributed by atoms with van der Waals surface area (Å²) in [6, 6.07) is 9.64. The molecular weight excluding hydrogens is 430 g/mol. The lowest BCUT2D eigenvalue weighted by atomic mass is 10.1. The van der Waals surface area contributed by atoms with Crippen LogP contribution in [0.4, 0.5) is 11.8 Å². The Bertz CT molecular complexity index is 1180. The van der Waals surface area contributed by atoms with Crippen molar-refractivity contribution >= 4 is 28.6 Å². The molecule has 3 aromatic rings. The predicted octanol–water partition coefficient (Wildman–Crippen LogP) is 2.51. The maximum Gasteiger partial charge on any atom is 0.264 e. The van der Waals surface area contributed by atoms with E-state index in [1.165, 1.54) is 12.8 Å². The number of nitrogens with two attached hydrogens (primary N) is 1. The number of carbonyl (C=O) groups excluding carboxylic acids is 1. The fourth-order valence-corrected chi connectivity index (χ4v) is 4.26. The van der Waals surface area contributed by atoms with Gasteiger partial charge >= 0.3 is 0 Å². The number of aromatic nitrogens is 3. The van der Waals surface area contributed by atoms with Gasteiger partial charge in [-0.25, -0.2) is 4.98 Å². The normalized spacial score (nSPS) is 15.5. The summed E-state index contributed by atoms with van der Waals surface area (Å²) in [4.78, 5) is 34.2. The second-order valence-electron chi connectivity index (χ2n) is 8.75. The molecular formula is C25H33N7O2. The van der Waals surface area contributed by atoms with Crippen LogP contribution in [-0.2, 0) is 6.54 Å². The van der Waals surface area contributed by atoms with E-state index >= 15 is 0 Å². The second kappa shape index (κ2) is 11.1. The van der Waals surface area contributed by atoms with Gasteiger partial charge in [-0.1, -0.05) is 25.5 Å². The number of amides is 1. The third-order valence-electron chi connectivity index (χ3n) is 6.17. The topological polar surface area (TPSA) is 127 Å². The second-order valence-corrected chi connectivity index (χ2v) is 8.75. The Balaban J connectivity index is 1.45. The highest BCUT2D eigenvalue weighted by atomic mass is 16.1. The molecule has 34 heavy (non-hydrogen) atoms. The first-order valence-electron chi connectivity index (χ1n) is 12.1. The third-order valence-corrected chi connectivity index (χ3v) is 6.17. The van der Waals surface area contributed by atoms with Gasteiger partial charge in [-0.2, -0.15) is 4.98 Å². The van der Waals surface area contributed by atoms with Crippen LogP contribution in [0, 0.1) is 0 Å². The molecule has 0 bridgehead atoms. The number of nitrogens with one attached hydrogen (secondary N) is 3. The van der Waals surface area contributed by atoms with E-state index in [0.29, 0.717) is 48.0 Å². The van der Waals surface area contributed by atoms with Crippen LogP contribution in [0.2, 0.25) is 0 Å². The number of hydrogen-bond donors (Lipinski definition) is 4. The van der Waals surface area contributed by atoms with E-state index in [1.807, 2.05) is 12.1 Å². The van der Waals surface area contributed by atoms with Gasteiger partial charge in [-0.15, -0.1) is 0 Å². The molecule has 4 rings (SSSR count). The van der Waals surface area contributed by atoms with Gasteiger partial charge in [0.25, 0.3) is 11.5 Å². The van der Waals surface area contributed by atoms with Crippen LogP contribution in [0.5, 0.6) is 0 Å². The van der Waals surface area contributed by atoms with Crippen molar-refractivity contribution in [2.45, 2.75) is 51.6 Å². The van der Waals surface area contributed by atoms with Crippen molar-refractivity contribution in [3.63, 3.8) is 0 Å². The largest absolute Gasteiger partial charge is 0.369 e. The van der Waals surface area contributed by atoms with Gasteiger partial charge in [-0.05, 0) is 56.0 Å². The van der Waals surface area contributed by atoms with Crippen molar-refractivity contribution < 1.29 is 4.79 Å². The molecule has 0 saturated carbocycles. The summed E-state index contributed by atoms with van der Waals surface area (Å²) in [5.41, 5.74) is 7.71. The summed E-state index contributed by atoms with van der Waals surface area (Å²) in [6.07, 6.45) is 7.03. The molecule has 0 radical (unpaired) electrons. The van der Waals surface area contributed by atoms with Crippen LogP contribution in [0.25, 0.3) is 10.9 Å². The predicted molar refractivity (Wildman–Crippen MR) is 135 cm³/mol. The number of nitrogens with zero attached hydrogens (tertiary/aromatic N) is 3. The maximum absolute atomic E-state index is 13.2. The minimum Gasteiger partial charge on any atom is -0.369 e. The Hall–Kier alpha value is -3.46. The smallest absolute Gasteiger partial charge is 0.264 e. The summed E-state index contributed by atoms with van der Waals surface area (Å²) in [5.74, 6) is 0.525. The zero-order valence-electron chi connectivity index (χ0n) is 19.6. The lowest BCUT2D eigenvalue weighted by Gasteiger charge is -2.12. The van der Waals surface area contributed by atoms with E-state index in [2.05, 4.69) is 32.8 Å². The zero-order valence-corrected chi connectivity index (χ0v) is 19.6.